The van der Waals surface area contributed by atoms with Gasteiger partial charge in [0.2, 0.25) is 0 Å². The van der Waals surface area contributed by atoms with Gasteiger partial charge in [-0.2, -0.15) is 0 Å². The molecule has 164 valence electrons. The SMILES string of the molecule is OC1(c2ccccc2N(c2ccccc2)c2ccccc2)c2cc(Br)ccc2-c2cccnc21. The Morgan fingerprint density at radius 3 is 2.00 bits per heavy atom. The van der Waals surface area contributed by atoms with Crippen LogP contribution in [0.3, 0.4) is 0 Å². The van der Waals surface area contributed by atoms with Gasteiger partial charge < -0.3 is 10.0 Å². The zero-order valence-corrected chi connectivity index (χ0v) is 19.9. The number of aromatic nitrogens is 1. The third kappa shape index (κ3) is 3.18. The summed E-state index contributed by atoms with van der Waals surface area (Å²) < 4.78 is 0.915. The van der Waals surface area contributed by atoms with Gasteiger partial charge in [-0.25, -0.2) is 0 Å². The quantitative estimate of drug-likeness (QED) is 0.274. The number of fused-ring (bicyclic) bond motifs is 3. The second kappa shape index (κ2) is 8.24. The molecule has 1 N–H and O–H groups in total. The summed E-state index contributed by atoms with van der Waals surface area (Å²) in [6.45, 7) is 0. The maximum Gasteiger partial charge on any atom is 0.160 e. The van der Waals surface area contributed by atoms with E-state index in [0.717, 1.165) is 43.8 Å². The molecular formula is C30H21BrN2O. The molecule has 1 aliphatic carbocycles. The Morgan fingerprint density at radius 1 is 0.647 bits per heavy atom. The van der Waals surface area contributed by atoms with Gasteiger partial charge >= 0.3 is 0 Å². The van der Waals surface area contributed by atoms with Crippen molar-refractivity contribution in [2.75, 3.05) is 4.90 Å². The van der Waals surface area contributed by atoms with E-state index in [1.54, 1.807) is 6.20 Å². The minimum atomic E-state index is -1.41. The molecule has 1 atom stereocenters. The van der Waals surface area contributed by atoms with Crippen LogP contribution in [0.4, 0.5) is 17.1 Å². The molecule has 1 unspecified atom stereocenters. The first-order valence-electron chi connectivity index (χ1n) is 11.2. The number of rotatable bonds is 4. The molecule has 0 amide bonds. The number of hydrogen-bond acceptors (Lipinski definition) is 3. The van der Waals surface area contributed by atoms with Crippen molar-refractivity contribution in [1.29, 1.82) is 0 Å². The van der Waals surface area contributed by atoms with Gasteiger partial charge in [0, 0.05) is 38.7 Å². The average Bonchev–Trinajstić information content (AvgIpc) is 3.14. The van der Waals surface area contributed by atoms with Gasteiger partial charge in [-0.05, 0) is 54.1 Å². The number of hydrogen-bond donors (Lipinski definition) is 1. The molecule has 0 aliphatic heterocycles. The minimum absolute atomic E-state index is 0.650. The Kier molecular flexibility index (Phi) is 5.05. The molecule has 5 aromatic rings. The van der Waals surface area contributed by atoms with E-state index in [4.69, 9.17) is 4.98 Å². The van der Waals surface area contributed by atoms with E-state index >= 15 is 0 Å². The van der Waals surface area contributed by atoms with E-state index in [2.05, 4.69) is 51.2 Å². The molecule has 1 heterocycles. The third-order valence-electron chi connectivity index (χ3n) is 6.38. The van der Waals surface area contributed by atoms with Gasteiger partial charge in [0.15, 0.2) is 5.60 Å². The summed E-state index contributed by atoms with van der Waals surface area (Å²) in [6.07, 6.45) is 1.75. The van der Waals surface area contributed by atoms with Crippen LogP contribution in [0, 0.1) is 0 Å². The summed E-state index contributed by atoms with van der Waals surface area (Å²) in [4.78, 5) is 6.88. The fourth-order valence-corrected chi connectivity index (χ4v) is 5.28. The van der Waals surface area contributed by atoms with Crippen molar-refractivity contribution in [3.8, 4) is 11.1 Å². The lowest BCUT2D eigenvalue weighted by Crippen LogP contribution is -2.29. The Balaban J connectivity index is 1.66. The lowest BCUT2D eigenvalue weighted by molar-refractivity contribution is 0.126. The van der Waals surface area contributed by atoms with E-state index in [9.17, 15) is 5.11 Å². The summed E-state index contributed by atoms with van der Waals surface area (Å²) in [5.74, 6) is 0. The molecule has 0 saturated heterocycles. The fourth-order valence-electron chi connectivity index (χ4n) is 4.92. The van der Waals surface area contributed by atoms with Crippen molar-refractivity contribution in [3.05, 3.63) is 143 Å². The first kappa shape index (κ1) is 20.8. The molecule has 4 heteroatoms. The largest absolute Gasteiger partial charge is 0.374 e. The number of nitrogens with zero attached hydrogens (tertiary/aromatic N) is 2. The third-order valence-corrected chi connectivity index (χ3v) is 6.87. The number of halogens is 1. The lowest BCUT2D eigenvalue weighted by Gasteiger charge is -2.33. The normalized spacial score (nSPS) is 16.1. The number of aliphatic hydroxyl groups is 1. The molecule has 1 aliphatic rings. The van der Waals surface area contributed by atoms with Gasteiger partial charge in [-0.3, -0.25) is 4.98 Å². The first-order chi connectivity index (χ1) is 16.7. The molecule has 0 radical (unpaired) electrons. The number of para-hydroxylation sites is 3. The van der Waals surface area contributed by atoms with Crippen molar-refractivity contribution in [2.45, 2.75) is 5.60 Å². The highest BCUT2D eigenvalue weighted by Gasteiger charge is 2.46. The van der Waals surface area contributed by atoms with Gasteiger partial charge in [0.25, 0.3) is 0 Å². The van der Waals surface area contributed by atoms with Crippen LogP contribution in [0.1, 0.15) is 16.8 Å². The Labute approximate surface area is 207 Å². The topological polar surface area (TPSA) is 36.4 Å². The van der Waals surface area contributed by atoms with Crippen molar-refractivity contribution >= 4 is 33.0 Å². The van der Waals surface area contributed by atoms with Crippen molar-refractivity contribution < 1.29 is 5.11 Å². The number of anilines is 3. The first-order valence-corrected chi connectivity index (χ1v) is 12.0. The van der Waals surface area contributed by atoms with Crippen LogP contribution in [0.5, 0.6) is 0 Å². The van der Waals surface area contributed by atoms with Crippen molar-refractivity contribution in [1.82, 2.24) is 4.98 Å². The molecule has 4 aromatic carbocycles. The Hall–Kier alpha value is -3.73. The van der Waals surface area contributed by atoms with E-state index in [1.807, 2.05) is 84.9 Å². The van der Waals surface area contributed by atoms with E-state index in [-0.39, 0.29) is 0 Å². The smallest absolute Gasteiger partial charge is 0.160 e. The number of pyridine rings is 1. The van der Waals surface area contributed by atoms with Crippen LogP contribution in [-0.2, 0) is 5.60 Å². The maximum atomic E-state index is 12.6. The van der Waals surface area contributed by atoms with Gasteiger partial charge in [-0.15, -0.1) is 0 Å². The fraction of sp³-hybridized carbons (Fsp3) is 0.0333. The molecule has 3 nitrogen and oxygen atoms in total. The monoisotopic (exact) mass is 504 g/mol. The van der Waals surface area contributed by atoms with Crippen molar-refractivity contribution in [2.24, 2.45) is 0 Å². The van der Waals surface area contributed by atoms with Crippen LogP contribution in [0.15, 0.2) is 126 Å². The maximum absolute atomic E-state index is 12.6. The zero-order chi connectivity index (χ0) is 23.1. The molecule has 0 fully saturated rings. The summed E-state index contributed by atoms with van der Waals surface area (Å²) in [6, 6.07) is 38.5. The van der Waals surface area contributed by atoms with E-state index in [1.165, 1.54) is 0 Å². The molecule has 0 bridgehead atoms. The van der Waals surface area contributed by atoms with Crippen LogP contribution in [-0.4, -0.2) is 10.1 Å². The predicted octanol–water partition coefficient (Wildman–Crippen LogP) is 7.58. The summed E-state index contributed by atoms with van der Waals surface area (Å²) in [5.41, 5.74) is 5.71. The average molecular weight is 505 g/mol. The summed E-state index contributed by atoms with van der Waals surface area (Å²) >= 11 is 3.61. The Bertz CT molecular complexity index is 1450. The van der Waals surface area contributed by atoms with Crippen LogP contribution < -0.4 is 4.90 Å². The van der Waals surface area contributed by atoms with Crippen molar-refractivity contribution in [3.63, 3.8) is 0 Å². The van der Waals surface area contributed by atoms with E-state index in [0.29, 0.717) is 5.69 Å². The van der Waals surface area contributed by atoms with Gasteiger partial charge in [0.1, 0.15) is 0 Å². The molecule has 0 spiro atoms. The highest BCUT2D eigenvalue weighted by molar-refractivity contribution is 9.10. The summed E-state index contributed by atoms with van der Waals surface area (Å²) in [5, 5.41) is 12.6. The highest BCUT2D eigenvalue weighted by atomic mass is 79.9. The Morgan fingerprint density at radius 2 is 1.29 bits per heavy atom. The zero-order valence-electron chi connectivity index (χ0n) is 18.3. The minimum Gasteiger partial charge on any atom is -0.374 e. The molecular weight excluding hydrogens is 484 g/mol. The highest BCUT2D eigenvalue weighted by Crippen LogP contribution is 2.53. The van der Waals surface area contributed by atoms with Crippen LogP contribution in [0.2, 0.25) is 0 Å². The van der Waals surface area contributed by atoms with Crippen LogP contribution in [0.25, 0.3) is 11.1 Å². The van der Waals surface area contributed by atoms with Gasteiger partial charge in [-0.1, -0.05) is 82.7 Å². The van der Waals surface area contributed by atoms with Crippen LogP contribution >= 0.6 is 15.9 Å². The number of benzene rings is 4. The van der Waals surface area contributed by atoms with Gasteiger partial charge in [0.05, 0.1) is 11.4 Å². The molecule has 1 aromatic heterocycles. The molecule has 0 saturated carbocycles. The predicted molar refractivity (Wildman–Crippen MR) is 141 cm³/mol. The second-order valence-corrected chi connectivity index (χ2v) is 9.24. The molecule has 6 rings (SSSR count). The second-order valence-electron chi connectivity index (χ2n) is 8.32. The molecule has 34 heavy (non-hydrogen) atoms. The standard InChI is InChI=1S/C30H21BrN2O/c31-21-17-18-24-25-14-9-19-32-29(25)30(34,27(24)20-21)26-15-7-8-16-28(26)33(22-10-3-1-4-11-22)23-12-5-2-6-13-23/h1-20,34H. The lowest BCUT2D eigenvalue weighted by atomic mass is 9.85. The summed E-state index contributed by atoms with van der Waals surface area (Å²) in [7, 11) is 0. The van der Waals surface area contributed by atoms with E-state index < -0.39 is 5.60 Å².